The molecule has 26 heavy (non-hydrogen) atoms. The second kappa shape index (κ2) is 9.62. The molecule has 0 spiro atoms. The second-order valence-electron chi connectivity index (χ2n) is 5.08. The molecule has 0 unspecified atom stereocenters. The first-order valence-corrected chi connectivity index (χ1v) is 8.29. The predicted octanol–water partition coefficient (Wildman–Crippen LogP) is 4.11. The maximum Gasteiger partial charge on any atom is 0.331 e. The van der Waals surface area contributed by atoms with E-state index in [1.165, 1.54) is 17.1 Å². The number of ether oxygens (including phenoxy) is 1. The molecule has 5 nitrogen and oxygen atoms in total. The zero-order valence-electron chi connectivity index (χ0n) is 13.6. The highest BCUT2D eigenvalue weighted by atomic mass is 35.5. The van der Waals surface area contributed by atoms with Crippen LogP contribution in [0.15, 0.2) is 54.6 Å². The topological polar surface area (TPSA) is 70.4 Å². The Morgan fingerprint density at radius 1 is 1.15 bits per heavy atom. The molecule has 0 aromatic heterocycles. The molecule has 0 fully saturated rings. The molecule has 0 bridgehead atoms. The summed E-state index contributed by atoms with van der Waals surface area (Å²) in [6.07, 6.45) is 2.63. The van der Waals surface area contributed by atoms with Crippen LogP contribution in [0.2, 0.25) is 10.0 Å². The molecule has 2 aromatic carbocycles. The lowest BCUT2D eigenvalue weighted by Gasteiger charge is -2.19. The van der Waals surface area contributed by atoms with Crippen molar-refractivity contribution in [1.29, 1.82) is 5.26 Å². The SMILES string of the molecule is N#CCN(C(=O)COC(=O)C=Cc1ccc(Cl)cc1Cl)c1ccccc1. The molecule has 2 rings (SSSR count). The largest absolute Gasteiger partial charge is 0.452 e. The van der Waals surface area contributed by atoms with Gasteiger partial charge in [-0.15, -0.1) is 0 Å². The summed E-state index contributed by atoms with van der Waals surface area (Å²) < 4.78 is 4.94. The van der Waals surface area contributed by atoms with E-state index in [1.807, 2.05) is 6.07 Å². The van der Waals surface area contributed by atoms with Gasteiger partial charge < -0.3 is 4.74 Å². The Kier molecular flexibility index (Phi) is 7.22. The third-order valence-corrected chi connectivity index (χ3v) is 3.86. The zero-order valence-corrected chi connectivity index (χ0v) is 15.1. The van der Waals surface area contributed by atoms with Crippen molar-refractivity contribution in [2.75, 3.05) is 18.1 Å². The van der Waals surface area contributed by atoms with Gasteiger partial charge in [0, 0.05) is 21.8 Å². The number of para-hydroxylation sites is 1. The number of benzene rings is 2. The lowest BCUT2D eigenvalue weighted by molar-refractivity contribution is -0.142. The highest BCUT2D eigenvalue weighted by Gasteiger charge is 2.16. The van der Waals surface area contributed by atoms with E-state index in [2.05, 4.69) is 0 Å². The van der Waals surface area contributed by atoms with Crippen LogP contribution in [0.3, 0.4) is 0 Å². The highest BCUT2D eigenvalue weighted by molar-refractivity contribution is 6.35. The summed E-state index contributed by atoms with van der Waals surface area (Å²) >= 11 is 11.8. The molecule has 0 aliphatic rings. The summed E-state index contributed by atoms with van der Waals surface area (Å²) in [6, 6.07) is 15.4. The molecular formula is C19H14Cl2N2O3. The number of carbonyl (C=O) groups is 2. The number of amides is 1. The van der Waals surface area contributed by atoms with E-state index in [4.69, 9.17) is 33.2 Å². The minimum absolute atomic E-state index is 0.142. The fraction of sp³-hybridized carbons (Fsp3) is 0.105. The number of rotatable bonds is 6. The van der Waals surface area contributed by atoms with Gasteiger partial charge in [-0.25, -0.2) is 4.79 Å². The van der Waals surface area contributed by atoms with Gasteiger partial charge in [0.1, 0.15) is 6.54 Å². The van der Waals surface area contributed by atoms with Crippen LogP contribution in [0.5, 0.6) is 0 Å². The van der Waals surface area contributed by atoms with Gasteiger partial charge in [0.25, 0.3) is 5.91 Å². The van der Waals surface area contributed by atoms with E-state index in [1.54, 1.807) is 48.5 Å². The number of hydrogen-bond donors (Lipinski definition) is 0. The lowest BCUT2D eigenvalue weighted by atomic mass is 10.2. The van der Waals surface area contributed by atoms with E-state index in [0.29, 0.717) is 21.3 Å². The number of carbonyl (C=O) groups excluding carboxylic acids is 2. The molecule has 2 aromatic rings. The first-order chi connectivity index (χ1) is 12.5. The van der Waals surface area contributed by atoms with Crippen molar-refractivity contribution < 1.29 is 14.3 Å². The Labute approximate surface area is 161 Å². The Morgan fingerprint density at radius 2 is 1.88 bits per heavy atom. The van der Waals surface area contributed by atoms with Crippen molar-refractivity contribution in [2.24, 2.45) is 0 Å². The van der Waals surface area contributed by atoms with Crippen LogP contribution in [-0.4, -0.2) is 25.0 Å². The molecule has 132 valence electrons. The van der Waals surface area contributed by atoms with Gasteiger partial charge >= 0.3 is 5.97 Å². The van der Waals surface area contributed by atoms with E-state index < -0.39 is 18.5 Å². The number of esters is 1. The van der Waals surface area contributed by atoms with Gasteiger partial charge in [-0.2, -0.15) is 5.26 Å². The van der Waals surface area contributed by atoms with E-state index >= 15 is 0 Å². The van der Waals surface area contributed by atoms with Crippen molar-refractivity contribution in [2.45, 2.75) is 0 Å². The minimum Gasteiger partial charge on any atom is -0.452 e. The van der Waals surface area contributed by atoms with Gasteiger partial charge in [0.05, 0.1) is 6.07 Å². The van der Waals surface area contributed by atoms with E-state index in [-0.39, 0.29) is 6.54 Å². The third kappa shape index (κ3) is 5.62. The maximum absolute atomic E-state index is 12.2. The molecule has 1 amide bonds. The Balaban J connectivity index is 1.96. The van der Waals surface area contributed by atoms with Crippen molar-refractivity contribution in [1.82, 2.24) is 0 Å². The van der Waals surface area contributed by atoms with Crippen molar-refractivity contribution in [3.05, 3.63) is 70.2 Å². The predicted molar refractivity (Wildman–Crippen MR) is 101 cm³/mol. The molecule has 0 aliphatic carbocycles. The summed E-state index contributed by atoms with van der Waals surface area (Å²) in [6.45, 7) is -0.620. The minimum atomic E-state index is -0.700. The number of halogens is 2. The lowest BCUT2D eigenvalue weighted by Crippen LogP contribution is -2.34. The number of nitrogens with zero attached hydrogens (tertiary/aromatic N) is 2. The standard InChI is InChI=1S/C19H14Cl2N2O3/c20-15-8-6-14(17(21)12-15)7-9-19(25)26-13-18(24)23(11-10-22)16-4-2-1-3-5-16/h1-9,12H,11,13H2. The Bertz CT molecular complexity index is 861. The molecule has 0 saturated heterocycles. The quantitative estimate of drug-likeness (QED) is 0.424. The first-order valence-electron chi connectivity index (χ1n) is 7.53. The van der Waals surface area contributed by atoms with Crippen molar-refractivity contribution in [3.63, 3.8) is 0 Å². The van der Waals surface area contributed by atoms with Crippen LogP contribution in [0.4, 0.5) is 5.69 Å². The van der Waals surface area contributed by atoms with Gasteiger partial charge in [0.15, 0.2) is 6.61 Å². The molecular weight excluding hydrogens is 375 g/mol. The zero-order chi connectivity index (χ0) is 18.9. The van der Waals surface area contributed by atoms with Crippen LogP contribution in [-0.2, 0) is 14.3 Å². The Hall–Kier alpha value is -2.81. The van der Waals surface area contributed by atoms with Gasteiger partial charge in [-0.05, 0) is 35.9 Å². The molecule has 0 atom stereocenters. The molecule has 0 saturated carbocycles. The third-order valence-electron chi connectivity index (χ3n) is 3.30. The number of hydrogen-bond acceptors (Lipinski definition) is 4. The normalized spacial score (nSPS) is 10.3. The van der Waals surface area contributed by atoms with Crippen LogP contribution < -0.4 is 4.90 Å². The van der Waals surface area contributed by atoms with Crippen LogP contribution >= 0.6 is 23.2 Å². The summed E-state index contributed by atoms with van der Waals surface area (Å²) in [4.78, 5) is 25.3. The summed E-state index contributed by atoms with van der Waals surface area (Å²) in [7, 11) is 0. The Morgan fingerprint density at radius 3 is 2.54 bits per heavy atom. The summed E-state index contributed by atoms with van der Waals surface area (Å²) in [5.74, 6) is -1.20. The number of anilines is 1. The smallest absolute Gasteiger partial charge is 0.331 e. The van der Waals surface area contributed by atoms with Crippen LogP contribution in [0, 0.1) is 11.3 Å². The van der Waals surface area contributed by atoms with Gasteiger partial charge in [0.2, 0.25) is 0 Å². The van der Waals surface area contributed by atoms with Crippen LogP contribution in [0.1, 0.15) is 5.56 Å². The molecule has 0 N–H and O–H groups in total. The van der Waals surface area contributed by atoms with Gasteiger partial charge in [-0.3, -0.25) is 9.69 Å². The maximum atomic E-state index is 12.2. The highest BCUT2D eigenvalue weighted by Crippen LogP contribution is 2.22. The number of nitriles is 1. The first kappa shape index (κ1) is 19.5. The average Bonchev–Trinajstić information content (AvgIpc) is 2.64. The average molecular weight is 389 g/mol. The summed E-state index contributed by atoms with van der Waals surface area (Å²) in [5.41, 5.74) is 1.15. The molecule has 0 radical (unpaired) electrons. The molecule has 7 heteroatoms. The monoisotopic (exact) mass is 388 g/mol. The van der Waals surface area contributed by atoms with Crippen molar-refractivity contribution >= 4 is 46.8 Å². The van der Waals surface area contributed by atoms with E-state index in [0.717, 1.165) is 0 Å². The van der Waals surface area contributed by atoms with Gasteiger partial charge in [-0.1, -0.05) is 47.5 Å². The van der Waals surface area contributed by atoms with Crippen molar-refractivity contribution in [3.8, 4) is 6.07 Å². The summed E-state index contributed by atoms with van der Waals surface area (Å²) in [5, 5.41) is 9.77. The fourth-order valence-corrected chi connectivity index (χ4v) is 2.53. The molecule has 0 heterocycles. The van der Waals surface area contributed by atoms with Crippen LogP contribution in [0.25, 0.3) is 6.08 Å². The fourth-order valence-electron chi connectivity index (χ4n) is 2.06. The second-order valence-corrected chi connectivity index (χ2v) is 5.92. The van der Waals surface area contributed by atoms with E-state index in [9.17, 15) is 9.59 Å². The molecule has 0 aliphatic heterocycles.